The Morgan fingerprint density at radius 1 is 1.13 bits per heavy atom. The van der Waals surface area contributed by atoms with E-state index in [0.29, 0.717) is 17.1 Å². The van der Waals surface area contributed by atoms with Crippen LogP contribution in [0, 0.1) is 13.8 Å². The molecule has 8 heteroatoms. The van der Waals surface area contributed by atoms with E-state index in [4.69, 9.17) is 11.6 Å². The van der Waals surface area contributed by atoms with E-state index >= 15 is 0 Å². The van der Waals surface area contributed by atoms with Crippen LogP contribution in [0.1, 0.15) is 54.1 Å². The van der Waals surface area contributed by atoms with Crippen LogP contribution < -0.4 is 5.32 Å². The summed E-state index contributed by atoms with van der Waals surface area (Å²) in [6, 6.07) is 16.1. The van der Waals surface area contributed by atoms with Gasteiger partial charge in [0.2, 0.25) is 0 Å². The number of aryl methyl sites for hydroxylation is 2. The Morgan fingerprint density at radius 2 is 1.95 bits per heavy atom. The van der Waals surface area contributed by atoms with Crippen molar-refractivity contribution in [3.63, 3.8) is 0 Å². The molecule has 1 amide bonds. The third-order valence-corrected chi connectivity index (χ3v) is 7.25. The molecule has 39 heavy (non-hydrogen) atoms. The molecule has 1 atom stereocenters. The summed E-state index contributed by atoms with van der Waals surface area (Å²) >= 11 is 6.53. The Labute approximate surface area is 233 Å². The lowest BCUT2D eigenvalue weighted by molar-refractivity contribution is 0.0928. The fraction of sp³-hybridized carbons (Fsp3) is 0.290. The molecule has 0 radical (unpaired) electrons. The number of aromatic nitrogens is 5. The number of pyridine rings is 1. The molecule has 7 nitrogen and oxygen atoms in total. The van der Waals surface area contributed by atoms with Crippen LogP contribution in [0.3, 0.4) is 0 Å². The smallest absolute Gasteiger partial charge is 0.253 e. The predicted molar refractivity (Wildman–Crippen MR) is 157 cm³/mol. The standard InChI is InChI=1S/C28H25ClN6O.C3H8/c1-17-5-9-25-23(12-17)27(19-4-3-11-30-14-19)26-10-6-20(15-34(25)26)32-28(36)22-8-7-21(13-24(22)29)35-16-31-33-18(35)2;1-3-2/h3-5,7-9,11-14,16,20H,6,10,15H2,1-2H3,(H,32,36);3H2,1-2H3. The van der Waals surface area contributed by atoms with Gasteiger partial charge in [0, 0.05) is 58.4 Å². The van der Waals surface area contributed by atoms with Crippen LogP contribution in [0.4, 0.5) is 0 Å². The van der Waals surface area contributed by atoms with Crippen LogP contribution >= 0.6 is 11.6 Å². The maximum absolute atomic E-state index is 13.2. The van der Waals surface area contributed by atoms with E-state index < -0.39 is 0 Å². The summed E-state index contributed by atoms with van der Waals surface area (Å²) in [5.74, 6) is 0.585. The molecule has 1 unspecified atom stereocenters. The molecule has 0 saturated heterocycles. The highest BCUT2D eigenvalue weighted by Crippen LogP contribution is 2.38. The fourth-order valence-corrected chi connectivity index (χ4v) is 5.47. The quantitative estimate of drug-likeness (QED) is 0.274. The highest BCUT2D eigenvalue weighted by molar-refractivity contribution is 6.34. The Kier molecular flexibility index (Phi) is 7.79. The van der Waals surface area contributed by atoms with Crippen LogP contribution in [-0.2, 0) is 13.0 Å². The Bertz CT molecular complexity index is 1620. The van der Waals surface area contributed by atoms with Crippen molar-refractivity contribution in [2.75, 3.05) is 0 Å². The summed E-state index contributed by atoms with van der Waals surface area (Å²) in [4.78, 5) is 17.6. The summed E-state index contributed by atoms with van der Waals surface area (Å²) in [6.07, 6.45) is 8.32. The van der Waals surface area contributed by atoms with Gasteiger partial charge in [-0.05, 0) is 63.1 Å². The third-order valence-electron chi connectivity index (χ3n) is 6.94. The van der Waals surface area contributed by atoms with Gasteiger partial charge in [-0.25, -0.2) is 0 Å². The summed E-state index contributed by atoms with van der Waals surface area (Å²) in [7, 11) is 0. The topological polar surface area (TPSA) is 77.6 Å². The second-order valence-corrected chi connectivity index (χ2v) is 10.4. The molecule has 0 aliphatic carbocycles. The minimum atomic E-state index is -0.166. The highest BCUT2D eigenvalue weighted by Gasteiger charge is 2.27. The number of rotatable bonds is 4. The van der Waals surface area contributed by atoms with E-state index in [1.165, 1.54) is 34.1 Å². The first kappa shape index (κ1) is 26.6. The summed E-state index contributed by atoms with van der Waals surface area (Å²) in [6.45, 7) is 8.94. The number of hydrogen-bond donors (Lipinski definition) is 1. The average molecular weight is 541 g/mol. The van der Waals surface area contributed by atoms with Crippen LogP contribution in [0.2, 0.25) is 5.02 Å². The van der Waals surface area contributed by atoms with E-state index in [-0.39, 0.29) is 11.9 Å². The lowest BCUT2D eigenvalue weighted by Gasteiger charge is -2.27. The van der Waals surface area contributed by atoms with Gasteiger partial charge in [-0.3, -0.25) is 14.3 Å². The zero-order valence-electron chi connectivity index (χ0n) is 22.8. The highest BCUT2D eigenvalue weighted by atomic mass is 35.5. The van der Waals surface area contributed by atoms with Crippen LogP contribution in [0.5, 0.6) is 0 Å². The SMILES string of the molecule is CCC.Cc1ccc2c(c1)c(-c1cccnc1)c1n2CC(NC(=O)c2ccc(-n3cnnc3C)cc2Cl)CC1. The Morgan fingerprint density at radius 3 is 2.64 bits per heavy atom. The second kappa shape index (κ2) is 11.4. The van der Waals surface area contributed by atoms with Crippen molar-refractivity contribution in [2.45, 2.75) is 59.5 Å². The van der Waals surface area contributed by atoms with Gasteiger partial charge in [-0.1, -0.05) is 49.6 Å². The Balaban J connectivity index is 0.000000983. The van der Waals surface area contributed by atoms with Crippen molar-refractivity contribution < 1.29 is 4.79 Å². The van der Waals surface area contributed by atoms with E-state index in [0.717, 1.165) is 29.9 Å². The molecular formula is C31H33ClN6O. The molecule has 0 bridgehead atoms. The normalized spacial score (nSPS) is 14.4. The lowest BCUT2D eigenvalue weighted by atomic mass is 9.97. The summed E-state index contributed by atoms with van der Waals surface area (Å²) < 4.78 is 4.18. The maximum Gasteiger partial charge on any atom is 0.253 e. The number of fused-ring (bicyclic) bond motifs is 3. The second-order valence-electron chi connectivity index (χ2n) is 10.0. The molecule has 6 rings (SSSR count). The Hall–Kier alpha value is -3.97. The first-order valence-corrected chi connectivity index (χ1v) is 13.8. The van der Waals surface area contributed by atoms with Gasteiger partial charge in [0.05, 0.1) is 10.6 Å². The number of halogens is 1. The van der Waals surface area contributed by atoms with Crippen molar-refractivity contribution in [2.24, 2.45) is 0 Å². The van der Waals surface area contributed by atoms with E-state index in [9.17, 15) is 4.79 Å². The van der Waals surface area contributed by atoms with Gasteiger partial charge in [-0.15, -0.1) is 10.2 Å². The molecule has 0 saturated carbocycles. The fourth-order valence-electron chi connectivity index (χ4n) is 5.21. The molecule has 0 fully saturated rings. The van der Waals surface area contributed by atoms with Crippen LogP contribution in [-0.4, -0.2) is 36.3 Å². The first-order valence-electron chi connectivity index (χ1n) is 13.4. The van der Waals surface area contributed by atoms with Gasteiger partial charge in [0.25, 0.3) is 5.91 Å². The monoisotopic (exact) mass is 540 g/mol. The van der Waals surface area contributed by atoms with Crippen molar-refractivity contribution in [3.8, 4) is 16.8 Å². The molecule has 5 aromatic rings. The lowest BCUT2D eigenvalue weighted by Crippen LogP contribution is -2.41. The van der Waals surface area contributed by atoms with Crippen molar-refractivity contribution >= 4 is 28.4 Å². The molecule has 4 heterocycles. The number of carbonyl (C=O) groups excluding carboxylic acids is 1. The number of benzene rings is 2. The largest absolute Gasteiger partial charge is 0.347 e. The van der Waals surface area contributed by atoms with Crippen molar-refractivity contribution in [3.05, 3.63) is 94.9 Å². The van der Waals surface area contributed by atoms with Crippen molar-refractivity contribution in [1.29, 1.82) is 0 Å². The molecular weight excluding hydrogens is 508 g/mol. The first-order chi connectivity index (χ1) is 18.9. The molecule has 1 aliphatic rings. The maximum atomic E-state index is 13.2. The molecule has 1 aliphatic heterocycles. The zero-order chi connectivity index (χ0) is 27.5. The molecule has 2 aromatic carbocycles. The van der Waals surface area contributed by atoms with Gasteiger partial charge in [0.15, 0.2) is 0 Å². The summed E-state index contributed by atoms with van der Waals surface area (Å²) in [5.41, 5.74) is 7.34. The number of carbonyl (C=O) groups is 1. The number of nitrogens with zero attached hydrogens (tertiary/aromatic N) is 5. The zero-order valence-corrected chi connectivity index (χ0v) is 23.5. The minimum absolute atomic E-state index is 0.000474. The van der Waals surface area contributed by atoms with E-state index in [1.807, 2.05) is 29.8 Å². The third kappa shape index (κ3) is 5.32. The van der Waals surface area contributed by atoms with Gasteiger partial charge in [-0.2, -0.15) is 0 Å². The van der Waals surface area contributed by atoms with E-state index in [2.05, 4.69) is 70.1 Å². The molecule has 1 N–H and O–H groups in total. The molecule has 0 spiro atoms. The predicted octanol–water partition coefficient (Wildman–Crippen LogP) is 6.72. The van der Waals surface area contributed by atoms with Crippen LogP contribution in [0.25, 0.3) is 27.7 Å². The van der Waals surface area contributed by atoms with E-state index in [1.54, 1.807) is 24.7 Å². The van der Waals surface area contributed by atoms with Gasteiger partial charge in [0.1, 0.15) is 12.2 Å². The van der Waals surface area contributed by atoms with Crippen molar-refractivity contribution in [1.82, 2.24) is 29.6 Å². The van der Waals surface area contributed by atoms with Crippen LogP contribution in [0.15, 0.2) is 67.3 Å². The molecule has 200 valence electrons. The number of amides is 1. The number of nitrogens with one attached hydrogen (secondary N) is 1. The molecule has 3 aromatic heterocycles. The van der Waals surface area contributed by atoms with Gasteiger partial charge < -0.3 is 9.88 Å². The minimum Gasteiger partial charge on any atom is -0.347 e. The van der Waals surface area contributed by atoms with Gasteiger partial charge >= 0.3 is 0 Å². The number of hydrogen-bond acceptors (Lipinski definition) is 4. The summed E-state index contributed by atoms with van der Waals surface area (Å²) in [5, 5.41) is 12.8. The average Bonchev–Trinajstić information content (AvgIpc) is 3.49.